The third kappa shape index (κ3) is 4.16. The number of hydrogen-bond donors (Lipinski definition) is 1. The van der Waals surface area contributed by atoms with Crippen LogP contribution < -0.4 is 4.74 Å². The summed E-state index contributed by atoms with van der Waals surface area (Å²) in [4.78, 5) is -0.855. The van der Waals surface area contributed by atoms with E-state index in [2.05, 4.69) is 4.74 Å². The van der Waals surface area contributed by atoms with Crippen LogP contribution in [-0.4, -0.2) is 36.9 Å². The van der Waals surface area contributed by atoms with E-state index >= 15 is 0 Å². The van der Waals surface area contributed by atoms with E-state index in [1.54, 1.807) is 0 Å². The summed E-state index contributed by atoms with van der Waals surface area (Å²) in [6.07, 6.45) is -7.23. The van der Waals surface area contributed by atoms with Crippen LogP contribution in [0.15, 0.2) is 41.0 Å². The largest absolute Gasteiger partial charge is 0.460 e. The maximum atomic E-state index is 13.3. The van der Waals surface area contributed by atoms with Crippen LogP contribution in [0.5, 0.6) is 5.75 Å². The highest BCUT2D eigenvalue weighted by Gasteiger charge is 2.83. The topological polar surface area (TPSA) is 63.6 Å². The van der Waals surface area contributed by atoms with Gasteiger partial charge in [-0.1, -0.05) is 0 Å². The fraction of sp³-hybridized carbons (Fsp3) is 0.333. The Morgan fingerprint density at radius 1 is 0.821 bits per heavy atom. The van der Waals surface area contributed by atoms with Crippen LogP contribution in [0.2, 0.25) is 0 Å². The Labute approximate surface area is 147 Å². The second kappa shape index (κ2) is 7.06. The molecule has 0 atom stereocenters. The van der Waals surface area contributed by atoms with E-state index < -0.39 is 56.5 Å². The molecule has 0 aliphatic carbocycles. The minimum atomic E-state index is -7.45. The van der Waals surface area contributed by atoms with E-state index in [0.717, 1.165) is 0 Å². The van der Waals surface area contributed by atoms with Crippen molar-refractivity contribution in [3.8, 4) is 5.75 Å². The molecule has 0 bridgehead atoms. The number of allylic oxidation sites excluding steroid dienone is 1. The van der Waals surface area contributed by atoms with Gasteiger partial charge >= 0.3 is 30.0 Å². The number of hydrogen-bond acceptors (Lipinski definition) is 3. The molecule has 4 nitrogen and oxygen atoms in total. The molecule has 1 rings (SSSR count). The molecule has 1 aromatic rings. The summed E-state index contributed by atoms with van der Waals surface area (Å²) in [5.74, 6) is -27.0. The zero-order valence-corrected chi connectivity index (χ0v) is 13.4. The van der Waals surface area contributed by atoms with E-state index in [-0.39, 0.29) is 0 Å². The first-order valence-corrected chi connectivity index (χ1v) is 7.72. The molecule has 0 unspecified atom stereocenters. The van der Waals surface area contributed by atoms with Gasteiger partial charge in [-0.15, -0.1) is 0 Å². The van der Waals surface area contributed by atoms with Crippen molar-refractivity contribution in [3.05, 3.63) is 36.1 Å². The average molecular weight is 454 g/mol. The summed E-state index contributed by atoms with van der Waals surface area (Å²) in [6.45, 7) is 0. The molecule has 1 N–H and O–H groups in total. The van der Waals surface area contributed by atoms with Gasteiger partial charge in [0.25, 0.3) is 10.1 Å². The highest BCUT2D eigenvalue weighted by atomic mass is 32.2. The van der Waals surface area contributed by atoms with Gasteiger partial charge in [-0.25, -0.2) is 0 Å². The third-order valence-corrected chi connectivity index (χ3v) is 3.79. The predicted octanol–water partition coefficient (Wildman–Crippen LogP) is 4.89. The average Bonchev–Trinajstić information content (AvgIpc) is 2.52. The summed E-state index contributed by atoms with van der Waals surface area (Å²) >= 11 is 0. The summed E-state index contributed by atoms with van der Waals surface area (Å²) in [5, 5.41) is 0. The van der Waals surface area contributed by atoms with Gasteiger partial charge in [0.1, 0.15) is 5.75 Å². The van der Waals surface area contributed by atoms with E-state index in [1.165, 1.54) is 0 Å². The molecule has 0 heterocycles. The SMILES string of the molecule is O=S(=O)(O)c1ccc(O/C(F)=C(\F)C(F)(F)C(F)(F)C(F)(F)C(F)(F)F)cc1. The molecule has 1 aromatic carbocycles. The van der Waals surface area contributed by atoms with Crippen molar-refractivity contribution in [2.75, 3.05) is 0 Å². The molecule has 0 radical (unpaired) electrons. The van der Waals surface area contributed by atoms with Gasteiger partial charge in [0.05, 0.1) is 4.90 Å². The molecule has 0 spiro atoms. The van der Waals surface area contributed by atoms with Gasteiger partial charge in [0, 0.05) is 0 Å². The van der Waals surface area contributed by atoms with E-state index in [4.69, 9.17) is 4.55 Å². The number of benzene rings is 1. The van der Waals surface area contributed by atoms with E-state index in [1.807, 2.05) is 0 Å². The minimum absolute atomic E-state index is 0.385. The molecule has 0 saturated heterocycles. The maximum Gasteiger partial charge on any atom is 0.460 e. The molecular formula is C12H5F11O4S. The quantitative estimate of drug-likeness (QED) is 0.378. The van der Waals surface area contributed by atoms with Crippen molar-refractivity contribution in [1.29, 1.82) is 0 Å². The Balaban J connectivity index is 3.28. The van der Waals surface area contributed by atoms with E-state index in [0.29, 0.717) is 24.3 Å². The highest BCUT2D eigenvalue weighted by Crippen LogP contribution is 2.55. The van der Waals surface area contributed by atoms with Crippen LogP contribution in [0.25, 0.3) is 0 Å². The Hall–Kier alpha value is -2.10. The molecule has 0 aromatic heterocycles. The zero-order valence-electron chi connectivity index (χ0n) is 12.5. The Bertz CT molecular complexity index is 857. The lowest BCUT2D eigenvalue weighted by atomic mass is 10.0. The minimum Gasteiger partial charge on any atom is -0.430 e. The number of halogens is 11. The fourth-order valence-electron chi connectivity index (χ4n) is 1.46. The monoisotopic (exact) mass is 454 g/mol. The smallest absolute Gasteiger partial charge is 0.430 e. The van der Waals surface area contributed by atoms with Crippen molar-refractivity contribution in [3.63, 3.8) is 0 Å². The van der Waals surface area contributed by atoms with Gasteiger partial charge < -0.3 is 4.74 Å². The number of rotatable bonds is 6. The van der Waals surface area contributed by atoms with Crippen molar-refractivity contribution >= 4 is 10.1 Å². The highest BCUT2D eigenvalue weighted by molar-refractivity contribution is 7.85. The first kappa shape index (κ1) is 23.9. The van der Waals surface area contributed by atoms with Crippen molar-refractivity contribution in [2.45, 2.75) is 28.8 Å². The van der Waals surface area contributed by atoms with Gasteiger partial charge in [0.2, 0.25) is 5.83 Å². The van der Waals surface area contributed by atoms with Gasteiger partial charge in [-0.05, 0) is 24.3 Å². The van der Waals surface area contributed by atoms with Gasteiger partial charge in [0.15, 0.2) is 0 Å². The van der Waals surface area contributed by atoms with Crippen molar-refractivity contribution < 1.29 is 66.0 Å². The van der Waals surface area contributed by atoms with Crippen molar-refractivity contribution in [2.24, 2.45) is 0 Å². The van der Waals surface area contributed by atoms with Crippen LogP contribution >= 0.6 is 0 Å². The summed E-state index contributed by atoms with van der Waals surface area (Å²) < 4.78 is 174. The normalized spacial score (nSPS) is 15.3. The van der Waals surface area contributed by atoms with Crippen LogP contribution in [0.3, 0.4) is 0 Å². The Morgan fingerprint density at radius 2 is 1.25 bits per heavy atom. The fourth-order valence-corrected chi connectivity index (χ4v) is 1.94. The molecule has 0 aliphatic heterocycles. The van der Waals surface area contributed by atoms with Crippen LogP contribution in [0, 0.1) is 0 Å². The molecule has 0 saturated carbocycles. The lowest BCUT2D eigenvalue weighted by Crippen LogP contribution is -2.61. The molecule has 0 fully saturated rings. The summed E-state index contributed by atoms with van der Waals surface area (Å²) in [5.41, 5.74) is 0. The molecule has 0 amide bonds. The van der Waals surface area contributed by atoms with E-state index in [9.17, 15) is 56.7 Å². The molecule has 16 heteroatoms. The zero-order chi connectivity index (χ0) is 22.3. The summed E-state index contributed by atoms with van der Waals surface area (Å²) in [6, 6.07) is -1.64. The number of ether oxygens (including phenoxy) is 1. The van der Waals surface area contributed by atoms with Gasteiger partial charge in [-0.2, -0.15) is 56.7 Å². The molecular weight excluding hydrogens is 449 g/mol. The first-order chi connectivity index (χ1) is 12.3. The first-order valence-electron chi connectivity index (χ1n) is 6.28. The van der Waals surface area contributed by atoms with Crippen LogP contribution in [0.4, 0.5) is 48.3 Å². The Morgan fingerprint density at radius 3 is 1.61 bits per heavy atom. The maximum absolute atomic E-state index is 13.3. The molecule has 0 aliphatic rings. The second-order valence-electron chi connectivity index (χ2n) is 4.86. The third-order valence-electron chi connectivity index (χ3n) is 2.92. The standard InChI is InChI=1S/C12H5F11O4S/c13-7(9(15,16)10(17,18)11(19,20)12(21,22)23)8(14)27-5-1-3-6(4-2-5)28(24,25)26/h1-4H,(H,24,25,26)/b8-7-. The summed E-state index contributed by atoms with van der Waals surface area (Å²) in [7, 11) is -4.78. The molecule has 28 heavy (non-hydrogen) atoms. The second-order valence-corrected chi connectivity index (χ2v) is 6.28. The lowest BCUT2D eigenvalue weighted by Gasteiger charge is -2.32. The van der Waals surface area contributed by atoms with Crippen LogP contribution in [-0.2, 0) is 10.1 Å². The molecule has 160 valence electrons. The Kier molecular flexibility index (Phi) is 6.03. The number of alkyl halides is 9. The van der Waals surface area contributed by atoms with Crippen molar-refractivity contribution in [1.82, 2.24) is 0 Å². The van der Waals surface area contributed by atoms with Gasteiger partial charge in [-0.3, -0.25) is 4.55 Å². The van der Waals surface area contributed by atoms with Crippen LogP contribution in [0.1, 0.15) is 0 Å². The lowest BCUT2D eigenvalue weighted by molar-refractivity contribution is -0.392. The predicted molar refractivity (Wildman–Crippen MR) is 67.0 cm³/mol.